The van der Waals surface area contributed by atoms with Crippen LogP contribution in [0, 0.1) is 6.92 Å². The van der Waals surface area contributed by atoms with Crippen molar-refractivity contribution in [2.24, 2.45) is 0 Å². The zero-order valence-electron chi connectivity index (χ0n) is 5.90. The minimum atomic E-state index is 0.544. The third-order valence-corrected chi connectivity index (χ3v) is 1.91. The van der Waals surface area contributed by atoms with Crippen molar-refractivity contribution in [1.29, 1.82) is 0 Å². The molecule has 0 aliphatic rings. The quantitative estimate of drug-likeness (QED) is 0.534. The Hall–Kier alpha value is -1.02. The first kappa shape index (κ1) is 6.68. The standard InChI is InChI=1S/C6H6N3OP/c1-3-4-5(10-9-3)7-2-8-6(4)11/h2H,11H2,1H3. The van der Waals surface area contributed by atoms with E-state index in [0.717, 1.165) is 16.5 Å². The van der Waals surface area contributed by atoms with E-state index in [9.17, 15) is 0 Å². The van der Waals surface area contributed by atoms with E-state index < -0.39 is 0 Å². The predicted molar refractivity (Wildman–Crippen MR) is 43.7 cm³/mol. The number of aromatic nitrogens is 3. The second-order valence-electron chi connectivity index (χ2n) is 2.21. The Bertz CT molecular complexity index is 398. The molecule has 4 nitrogen and oxygen atoms in total. The number of rotatable bonds is 0. The van der Waals surface area contributed by atoms with Crippen molar-refractivity contribution in [3.05, 3.63) is 12.0 Å². The molecule has 0 aliphatic heterocycles. The van der Waals surface area contributed by atoms with Gasteiger partial charge in [0.2, 0.25) is 0 Å². The number of hydrogen-bond acceptors (Lipinski definition) is 4. The summed E-state index contributed by atoms with van der Waals surface area (Å²) in [6.07, 6.45) is 1.45. The van der Waals surface area contributed by atoms with Crippen molar-refractivity contribution >= 4 is 25.8 Å². The van der Waals surface area contributed by atoms with E-state index in [0.29, 0.717) is 5.71 Å². The summed E-state index contributed by atoms with van der Waals surface area (Å²) in [7, 11) is 2.52. The van der Waals surface area contributed by atoms with Crippen molar-refractivity contribution in [3.63, 3.8) is 0 Å². The van der Waals surface area contributed by atoms with Crippen LogP contribution >= 0.6 is 9.24 Å². The van der Waals surface area contributed by atoms with Gasteiger partial charge in [-0.05, 0) is 6.92 Å². The summed E-state index contributed by atoms with van der Waals surface area (Å²) < 4.78 is 4.92. The topological polar surface area (TPSA) is 51.8 Å². The second-order valence-corrected chi connectivity index (χ2v) is 2.75. The monoisotopic (exact) mass is 167 g/mol. The largest absolute Gasteiger partial charge is 0.335 e. The van der Waals surface area contributed by atoms with E-state index >= 15 is 0 Å². The van der Waals surface area contributed by atoms with Gasteiger partial charge in [0.25, 0.3) is 5.71 Å². The van der Waals surface area contributed by atoms with E-state index in [1.54, 1.807) is 0 Å². The lowest BCUT2D eigenvalue weighted by Crippen LogP contribution is -1.99. The molecule has 0 amide bonds. The molecule has 0 aliphatic carbocycles. The van der Waals surface area contributed by atoms with Gasteiger partial charge in [0.1, 0.15) is 6.33 Å². The fraction of sp³-hybridized carbons (Fsp3) is 0.167. The van der Waals surface area contributed by atoms with Gasteiger partial charge in [-0.15, -0.1) is 0 Å². The molecule has 0 N–H and O–H groups in total. The van der Waals surface area contributed by atoms with Crippen molar-refractivity contribution in [3.8, 4) is 0 Å². The maximum absolute atomic E-state index is 4.92. The van der Waals surface area contributed by atoms with Crippen LogP contribution in [0.2, 0.25) is 0 Å². The van der Waals surface area contributed by atoms with Gasteiger partial charge in [0.05, 0.1) is 16.5 Å². The van der Waals surface area contributed by atoms with Crippen LogP contribution in [0.15, 0.2) is 10.9 Å². The number of aryl methyl sites for hydroxylation is 1. The molecule has 0 saturated heterocycles. The SMILES string of the molecule is Cc1noc2ncnc(P)c12. The molecule has 56 valence electrons. The van der Waals surface area contributed by atoms with Gasteiger partial charge >= 0.3 is 0 Å². The first-order valence-electron chi connectivity index (χ1n) is 3.11. The lowest BCUT2D eigenvalue weighted by Gasteiger charge is -1.89. The van der Waals surface area contributed by atoms with Crippen LogP contribution in [0.1, 0.15) is 5.69 Å². The lowest BCUT2D eigenvalue weighted by atomic mass is 10.3. The summed E-state index contributed by atoms with van der Waals surface area (Å²) in [6, 6.07) is 0. The Morgan fingerprint density at radius 2 is 2.27 bits per heavy atom. The van der Waals surface area contributed by atoms with Crippen LogP contribution in [-0.2, 0) is 0 Å². The maximum Gasteiger partial charge on any atom is 0.261 e. The molecule has 0 fully saturated rings. The van der Waals surface area contributed by atoms with Crippen LogP contribution in [0.5, 0.6) is 0 Å². The number of fused-ring (bicyclic) bond motifs is 1. The van der Waals surface area contributed by atoms with E-state index in [-0.39, 0.29) is 0 Å². The first-order chi connectivity index (χ1) is 5.29. The van der Waals surface area contributed by atoms with Crippen molar-refractivity contribution in [2.75, 3.05) is 0 Å². The Morgan fingerprint density at radius 3 is 3.00 bits per heavy atom. The lowest BCUT2D eigenvalue weighted by molar-refractivity contribution is 0.442. The molecule has 2 rings (SSSR count). The zero-order valence-corrected chi connectivity index (χ0v) is 7.06. The molecule has 1 atom stereocenters. The minimum Gasteiger partial charge on any atom is -0.335 e. The van der Waals surface area contributed by atoms with Crippen LogP contribution in [0.4, 0.5) is 0 Å². The Labute approximate surface area is 65.2 Å². The molecule has 0 spiro atoms. The summed E-state index contributed by atoms with van der Waals surface area (Å²) in [5.41, 5.74) is 2.20. The summed E-state index contributed by atoms with van der Waals surface area (Å²) in [4.78, 5) is 7.90. The Kier molecular flexibility index (Phi) is 1.36. The molecule has 0 aromatic carbocycles. The summed E-state index contributed by atoms with van der Waals surface area (Å²) >= 11 is 0. The molecular weight excluding hydrogens is 161 g/mol. The summed E-state index contributed by atoms with van der Waals surface area (Å²) in [5, 5.41) is 4.65. The fourth-order valence-corrected chi connectivity index (χ4v) is 1.35. The van der Waals surface area contributed by atoms with Gasteiger partial charge in [-0.3, -0.25) is 0 Å². The molecule has 0 radical (unpaired) electrons. The van der Waals surface area contributed by atoms with Gasteiger partial charge in [0.15, 0.2) is 0 Å². The molecule has 1 unspecified atom stereocenters. The molecule has 2 aromatic heterocycles. The molecule has 5 heteroatoms. The fourth-order valence-electron chi connectivity index (χ4n) is 0.949. The van der Waals surface area contributed by atoms with Crippen molar-refractivity contribution < 1.29 is 4.52 Å². The number of hydrogen-bond donors (Lipinski definition) is 0. The van der Waals surface area contributed by atoms with Crippen LogP contribution in [0.3, 0.4) is 0 Å². The number of nitrogens with zero attached hydrogens (tertiary/aromatic N) is 3. The van der Waals surface area contributed by atoms with Gasteiger partial charge in [-0.1, -0.05) is 14.4 Å². The van der Waals surface area contributed by atoms with E-state index in [1.165, 1.54) is 6.33 Å². The van der Waals surface area contributed by atoms with Gasteiger partial charge in [-0.25, -0.2) is 4.98 Å². The Morgan fingerprint density at radius 1 is 1.45 bits per heavy atom. The highest BCUT2D eigenvalue weighted by molar-refractivity contribution is 7.27. The summed E-state index contributed by atoms with van der Waals surface area (Å²) in [6.45, 7) is 1.86. The second kappa shape index (κ2) is 2.24. The Balaban J connectivity index is 2.96. The molecule has 11 heavy (non-hydrogen) atoms. The van der Waals surface area contributed by atoms with Crippen molar-refractivity contribution in [1.82, 2.24) is 15.1 Å². The van der Waals surface area contributed by atoms with Crippen LogP contribution < -0.4 is 5.44 Å². The smallest absolute Gasteiger partial charge is 0.261 e. The van der Waals surface area contributed by atoms with Crippen molar-refractivity contribution in [2.45, 2.75) is 6.92 Å². The molecule has 0 saturated carbocycles. The molecule has 2 heterocycles. The third-order valence-electron chi connectivity index (χ3n) is 1.47. The van der Waals surface area contributed by atoms with Gasteiger partial charge in [-0.2, -0.15) is 4.98 Å². The van der Waals surface area contributed by atoms with Crippen LogP contribution in [-0.4, -0.2) is 15.1 Å². The molecular formula is C6H6N3OP. The molecule has 2 aromatic rings. The predicted octanol–water partition coefficient (Wildman–Crippen LogP) is 0.427. The molecule has 0 bridgehead atoms. The summed E-state index contributed by atoms with van der Waals surface area (Å²) in [5.74, 6) is 0. The van der Waals surface area contributed by atoms with E-state index in [4.69, 9.17) is 4.52 Å². The van der Waals surface area contributed by atoms with Gasteiger partial charge in [0, 0.05) is 0 Å². The highest BCUT2D eigenvalue weighted by Crippen LogP contribution is 2.12. The highest BCUT2D eigenvalue weighted by atomic mass is 31.0. The highest BCUT2D eigenvalue weighted by Gasteiger charge is 2.07. The van der Waals surface area contributed by atoms with Gasteiger partial charge < -0.3 is 4.52 Å². The maximum atomic E-state index is 4.92. The van der Waals surface area contributed by atoms with E-state index in [1.807, 2.05) is 6.92 Å². The average Bonchev–Trinajstić information content (AvgIpc) is 2.34. The minimum absolute atomic E-state index is 0.544. The van der Waals surface area contributed by atoms with E-state index in [2.05, 4.69) is 24.4 Å². The zero-order chi connectivity index (χ0) is 7.84. The normalized spacial score (nSPS) is 10.7. The third kappa shape index (κ3) is 0.906. The average molecular weight is 167 g/mol. The first-order valence-corrected chi connectivity index (χ1v) is 3.69. The van der Waals surface area contributed by atoms with Crippen LogP contribution in [0.25, 0.3) is 11.1 Å².